The van der Waals surface area contributed by atoms with E-state index in [1.165, 1.54) is 12.8 Å². The Morgan fingerprint density at radius 1 is 1.07 bits per heavy atom. The number of aliphatic carboxylic acids is 1. The molecule has 7 heteroatoms. The number of rotatable bonds is 6. The van der Waals surface area contributed by atoms with E-state index in [0.29, 0.717) is 0 Å². The summed E-state index contributed by atoms with van der Waals surface area (Å²) >= 11 is 0. The van der Waals surface area contributed by atoms with Crippen molar-refractivity contribution in [1.82, 2.24) is 14.9 Å². The van der Waals surface area contributed by atoms with Gasteiger partial charge in [-0.25, -0.2) is 4.98 Å². The number of nitrogens with one attached hydrogen (secondary N) is 1. The third-order valence-corrected chi connectivity index (χ3v) is 5.04. The van der Waals surface area contributed by atoms with Crippen molar-refractivity contribution in [3.63, 3.8) is 0 Å². The summed E-state index contributed by atoms with van der Waals surface area (Å²) in [7, 11) is 0. The first-order valence-corrected chi connectivity index (χ1v) is 9.39. The largest absolute Gasteiger partial charge is 0.480 e. The van der Waals surface area contributed by atoms with Gasteiger partial charge in [-0.05, 0) is 48.1 Å². The molecule has 28 heavy (non-hydrogen) atoms. The number of carboxylic acid groups (broad SMARTS) is 1. The van der Waals surface area contributed by atoms with E-state index in [0.717, 1.165) is 40.9 Å². The molecule has 0 atom stereocenters. The Kier molecular flexibility index (Phi) is 4.97. The van der Waals surface area contributed by atoms with Crippen LogP contribution in [0.15, 0.2) is 48.8 Å². The topological polar surface area (TPSA) is 87.5 Å². The first-order valence-electron chi connectivity index (χ1n) is 9.39. The molecule has 144 valence electrons. The normalized spacial score (nSPS) is 13.8. The molecular formula is C21H22N4O3. The SMILES string of the molecule is O=C(O)CNC(=O)Cn1ccc2ccc(-c3ccc(N4CCCC4)nc3)cc21. The molecule has 1 aliphatic rings. The van der Waals surface area contributed by atoms with Crippen molar-refractivity contribution in [3.05, 3.63) is 48.8 Å². The van der Waals surface area contributed by atoms with Gasteiger partial charge in [0.15, 0.2) is 0 Å². The lowest BCUT2D eigenvalue weighted by Gasteiger charge is -2.16. The maximum absolute atomic E-state index is 12.0. The minimum atomic E-state index is -1.06. The molecule has 0 saturated carbocycles. The van der Waals surface area contributed by atoms with Crippen LogP contribution in [0.5, 0.6) is 0 Å². The fraction of sp³-hybridized carbons (Fsp3) is 0.286. The van der Waals surface area contributed by atoms with Gasteiger partial charge in [0, 0.05) is 36.6 Å². The number of amides is 1. The highest BCUT2D eigenvalue weighted by molar-refractivity contribution is 5.87. The monoisotopic (exact) mass is 378 g/mol. The molecule has 0 unspecified atom stereocenters. The summed E-state index contributed by atoms with van der Waals surface area (Å²) in [6.45, 7) is 1.83. The number of anilines is 1. The average molecular weight is 378 g/mol. The summed E-state index contributed by atoms with van der Waals surface area (Å²) in [5, 5.41) is 12.1. The molecule has 4 rings (SSSR count). The zero-order valence-corrected chi connectivity index (χ0v) is 15.5. The minimum Gasteiger partial charge on any atom is -0.480 e. The van der Waals surface area contributed by atoms with Crippen LogP contribution in [0, 0.1) is 0 Å². The average Bonchev–Trinajstić information content (AvgIpc) is 3.37. The molecule has 1 amide bonds. The molecule has 0 bridgehead atoms. The van der Waals surface area contributed by atoms with Gasteiger partial charge < -0.3 is 19.9 Å². The summed E-state index contributed by atoms with van der Waals surface area (Å²) in [6, 6.07) is 12.2. The smallest absolute Gasteiger partial charge is 0.322 e. The number of fused-ring (bicyclic) bond motifs is 1. The van der Waals surface area contributed by atoms with Gasteiger partial charge in [0.2, 0.25) is 5.91 Å². The second-order valence-corrected chi connectivity index (χ2v) is 6.99. The van der Waals surface area contributed by atoms with Gasteiger partial charge in [0.1, 0.15) is 18.9 Å². The first-order chi connectivity index (χ1) is 13.6. The van der Waals surface area contributed by atoms with Crippen LogP contribution in [-0.2, 0) is 16.1 Å². The van der Waals surface area contributed by atoms with Gasteiger partial charge in [-0.1, -0.05) is 12.1 Å². The number of pyridine rings is 1. The van der Waals surface area contributed by atoms with E-state index >= 15 is 0 Å². The molecule has 1 aromatic carbocycles. The lowest BCUT2D eigenvalue weighted by Crippen LogP contribution is -2.31. The van der Waals surface area contributed by atoms with E-state index in [4.69, 9.17) is 5.11 Å². The van der Waals surface area contributed by atoms with E-state index in [2.05, 4.69) is 27.3 Å². The molecule has 2 N–H and O–H groups in total. The predicted molar refractivity (Wildman–Crippen MR) is 107 cm³/mol. The Labute approximate surface area is 162 Å². The standard InChI is InChI=1S/C21H22N4O3/c26-20(23-13-21(27)28)14-25-10-7-15-3-4-16(11-18(15)25)17-5-6-19(22-12-17)24-8-1-2-9-24/h3-7,10-12H,1-2,8-9,13-14H2,(H,23,26)(H,27,28). The van der Waals surface area contributed by atoms with Crippen LogP contribution in [0.3, 0.4) is 0 Å². The number of benzene rings is 1. The molecule has 0 aliphatic carbocycles. The highest BCUT2D eigenvalue weighted by atomic mass is 16.4. The maximum Gasteiger partial charge on any atom is 0.322 e. The first kappa shape index (κ1) is 18.0. The van der Waals surface area contributed by atoms with Crippen LogP contribution in [0.1, 0.15) is 12.8 Å². The zero-order valence-electron chi connectivity index (χ0n) is 15.5. The molecular weight excluding hydrogens is 356 g/mol. The van der Waals surface area contributed by atoms with Crippen LogP contribution in [0.25, 0.3) is 22.0 Å². The van der Waals surface area contributed by atoms with E-state index in [1.54, 1.807) is 0 Å². The molecule has 1 saturated heterocycles. The van der Waals surface area contributed by atoms with Gasteiger partial charge in [-0.2, -0.15) is 0 Å². The van der Waals surface area contributed by atoms with Crippen molar-refractivity contribution in [2.45, 2.75) is 19.4 Å². The number of aromatic nitrogens is 2. The second kappa shape index (κ2) is 7.72. The fourth-order valence-corrected chi connectivity index (χ4v) is 3.58. The Balaban J connectivity index is 1.55. The van der Waals surface area contributed by atoms with Crippen LogP contribution < -0.4 is 10.2 Å². The van der Waals surface area contributed by atoms with Crippen molar-refractivity contribution in [2.24, 2.45) is 0 Å². The number of carbonyl (C=O) groups excluding carboxylic acids is 1. The summed E-state index contributed by atoms with van der Waals surface area (Å²) in [4.78, 5) is 29.5. The third-order valence-electron chi connectivity index (χ3n) is 5.04. The number of carboxylic acids is 1. The molecule has 2 aromatic heterocycles. The van der Waals surface area contributed by atoms with Crippen molar-refractivity contribution in [2.75, 3.05) is 24.5 Å². The Hall–Kier alpha value is -3.35. The van der Waals surface area contributed by atoms with E-state index in [9.17, 15) is 9.59 Å². The zero-order chi connectivity index (χ0) is 19.5. The summed E-state index contributed by atoms with van der Waals surface area (Å²) in [6.07, 6.45) is 6.17. The van der Waals surface area contributed by atoms with Gasteiger partial charge in [-0.15, -0.1) is 0 Å². The van der Waals surface area contributed by atoms with Gasteiger partial charge in [0.25, 0.3) is 0 Å². The molecule has 3 heterocycles. The van der Waals surface area contributed by atoms with Crippen LogP contribution in [0.2, 0.25) is 0 Å². The quantitative estimate of drug-likeness (QED) is 0.688. The Bertz CT molecular complexity index is 1000. The van der Waals surface area contributed by atoms with Crippen molar-refractivity contribution >= 4 is 28.6 Å². The third kappa shape index (κ3) is 3.83. The molecule has 0 radical (unpaired) electrons. The van der Waals surface area contributed by atoms with E-state index in [-0.39, 0.29) is 19.0 Å². The van der Waals surface area contributed by atoms with Gasteiger partial charge in [-0.3, -0.25) is 9.59 Å². The number of hydrogen-bond donors (Lipinski definition) is 2. The summed E-state index contributed by atoms with van der Waals surface area (Å²) in [5.41, 5.74) is 2.97. The van der Waals surface area contributed by atoms with Crippen molar-refractivity contribution < 1.29 is 14.7 Å². The van der Waals surface area contributed by atoms with E-state index < -0.39 is 5.97 Å². The highest BCUT2D eigenvalue weighted by Gasteiger charge is 2.14. The molecule has 0 spiro atoms. The fourth-order valence-electron chi connectivity index (χ4n) is 3.58. The van der Waals surface area contributed by atoms with Crippen molar-refractivity contribution in [3.8, 4) is 11.1 Å². The van der Waals surface area contributed by atoms with Crippen LogP contribution in [-0.4, -0.2) is 46.2 Å². The second-order valence-electron chi connectivity index (χ2n) is 6.99. The maximum atomic E-state index is 12.0. The number of hydrogen-bond acceptors (Lipinski definition) is 4. The highest BCUT2D eigenvalue weighted by Crippen LogP contribution is 2.26. The van der Waals surface area contributed by atoms with E-state index in [1.807, 2.05) is 41.2 Å². The molecule has 7 nitrogen and oxygen atoms in total. The molecule has 3 aromatic rings. The number of nitrogens with zero attached hydrogens (tertiary/aromatic N) is 3. The van der Waals surface area contributed by atoms with Crippen LogP contribution >= 0.6 is 0 Å². The predicted octanol–water partition coefficient (Wildman–Crippen LogP) is 2.50. The Morgan fingerprint density at radius 2 is 1.86 bits per heavy atom. The lowest BCUT2D eigenvalue weighted by atomic mass is 10.1. The van der Waals surface area contributed by atoms with Gasteiger partial charge in [0.05, 0.1) is 0 Å². The summed E-state index contributed by atoms with van der Waals surface area (Å²) < 4.78 is 1.82. The summed E-state index contributed by atoms with van der Waals surface area (Å²) in [5.74, 6) is -0.374. The van der Waals surface area contributed by atoms with Gasteiger partial charge >= 0.3 is 5.97 Å². The number of carbonyl (C=O) groups is 2. The Morgan fingerprint density at radius 3 is 2.57 bits per heavy atom. The minimum absolute atomic E-state index is 0.0758. The van der Waals surface area contributed by atoms with Crippen molar-refractivity contribution in [1.29, 1.82) is 0 Å². The van der Waals surface area contributed by atoms with Crippen LogP contribution in [0.4, 0.5) is 5.82 Å². The lowest BCUT2D eigenvalue weighted by molar-refractivity contribution is -0.138. The molecule has 1 fully saturated rings. The molecule has 1 aliphatic heterocycles.